The van der Waals surface area contributed by atoms with E-state index in [9.17, 15) is 13.2 Å². The topological polar surface area (TPSA) is 85.4 Å². The van der Waals surface area contributed by atoms with Crippen LogP contribution in [-0.2, 0) is 26.0 Å². The van der Waals surface area contributed by atoms with Gasteiger partial charge in [-0.15, -0.1) is 0 Å². The zero-order valence-corrected chi connectivity index (χ0v) is 19.6. The Hall–Kier alpha value is -2.19. The summed E-state index contributed by atoms with van der Waals surface area (Å²) >= 11 is 12.3. The van der Waals surface area contributed by atoms with Crippen molar-refractivity contribution in [2.45, 2.75) is 43.7 Å². The van der Waals surface area contributed by atoms with Gasteiger partial charge in [-0.05, 0) is 44.9 Å². The maximum atomic E-state index is 13.1. The van der Waals surface area contributed by atoms with Gasteiger partial charge in [-0.25, -0.2) is 13.4 Å². The van der Waals surface area contributed by atoms with E-state index in [0.717, 1.165) is 5.56 Å². The molecule has 1 N–H and O–H groups in total. The molecule has 0 spiro atoms. The average Bonchev–Trinajstić information content (AvgIpc) is 2.69. The van der Waals surface area contributed by atoms with Crippen LogP contribution in [0.1, 0.15) is 26.3 Å². The summed E-state index contributed by atoms with van der Waals surface area (Å²) in [6, 6.07) is 12.3. The van der Waals surface area contributed by atoms with E-state index in [4.69, 9.17) is 27.9 Å². The highest BCUT2D eigenvalue weighted by molar-refractivity contribution is 7.89. The second-order valence-corrected chi connectivity index (χ2v) is 10.5. The van der Waals surface area contributed by atoms with Crippen LogP contribution in [0.3, 0.4) is 0 Å². The number of benzene rings is 2. The lowest BCUT2D eigenvalue weighted by molar-refractivity contribution is -0.156. The maximum Gasteiger partial charge on any atom is 0.325 e. The van der Waals surface area contributed by atoms with Crippen LogP contribution in [0, 0.1) is 0 Å². The Balaban J connectivity index is 1.96. The number of ether oxygens (including phenoxy) is 1. The van der Waals surface area contributed by atoms with Gasteiger partial charge in [0.1, 0.15) is 16.8 Å². The molecule has 6 nitrogen and oxygen atoms in total. The second kappa shape index (κ2) is 9.12. The molecule has 0 aliphatic rings. The molecular weight excluding hydrogens is 459 g/mol. The summed E-state index contributed by atoms with van der Waals surface area (Å²) in [5, 5.41) is 1.46. The van der Waals surface area contributed by atoms with Crippen LogP contribution in [0.2, 0.25) is 10.2 Å². The normalized spacial score (nSPS) is 13.2. The third-order valence-electron chi connectivity index (χ3n) is 4.34. The van der Waals surface area contributed by atoms with Gasteiger partial charge in [-0.2, -0.15) is 4.72 Å². The number of esters is 1. The Bertz CT molecular complexity index is 1210. The molecule has 0 fully saturated rings. The number of nitrogens with zero attached hydrogens (tertiary/aromatic N) is 1. The fraction of sp³-hybridized carbons (Fsp3) is 0.273. The van der Waals surface area contributed by atoms with Crippen molar-refractivity contribution in [1.82, 2.24) is 9.71 Å². The first-order chi connectivity index (χ1) is 14.5. The summed E-state index contributed by atoms with van der Waals surface area (Å²) in [6.45, 7) is 5.17. The Kier molecular flexibility index (Phi) is 6.91. The van der Waals surface area contributed by atoms with E-state index in [-0.39, 0.29) is 16.5 Å². The quantitative estimate of drug-likeness (QED) is 0.405. The summed E-state index contributed by atoms with van der Waals surface area (Å²) in [5.74, 6) is -0.663. The maximum absolute atomic E-state index is 13.1. The van der Waals surface area contributed by atoms with Gasteiger partial charge in [0.2, 0.25) is 10.0 Å². The van der Waals surface area contributed by atoms with Crippen molar-refractivity contribution in [3.8, 4) is 0 Å². The van der Waals surface area contributed by atoms with Crippen LogP contribution >= 0.6 is 23.2 Å². The van der Waals surface area contributed by atoms with Gasteiger partial charge in [0, 0.05) is 17.0 Å². The number of nitrogens with one attached hydrogen (secondary N) is 1. The molecule has 0 saturated heterocycles. The molecule has 1 aromatic heterocycles. The molecule has 0 radical (unpaired) electrons. The number of carbonyl (C=O) groups excluding carboxylic acids is 1. The lowest BCUT2D eigenvalue weighted by Gasteiger charge is -2.24. The van der Waals surface area contributed by atoms with Crippen LogP contribution in [0.15, 0.2) is 59.6 Å². The molecule has 0 bridgehead atoms. The Labute approximate surface area is 191 Å². The number of hydrogen-bond donors (Lipinski definition) is 1. The molecule has 0 amide bonds. The second-order valence-electron chi connectivity index (χ2n) is 8.00. The molecule has 1 atom stereocenters. The summed E-state index contributed by atoms with van der Waals surface area (Å²) in [5.41, 5.74) is 0.0229. The first-order valence-electron chi connectivity index (χ1n) is 9.49. The molecule has 9 heteroatoms. The van der Waals surface area contributed by atoms with Crippen molar-refractivity contribution in [2.75, 3.05) is 0 Å². The lowest BCUT2D eigenvalue weighted by atomic mass is 10.1. The zero-order valence-electron chi connectivity index (χ0n) is 17.2. The van der Waals surface area contributed by atoms with E-state index < -0.39 is 27.6 Å². The van der Waals surface area contributed by atoms with Crippen LogP contribution in [0.25, 0.3) is 10.8 Å². The molecule has 3 aromatic rings. The molecular formula is C22H22Cl2N2O4S. The fourth-order valence-electron chi connectivity index (χ4n) is 2.97. The fourth-order valence-corrected chi connectivity index (χ4v) is 4.60. The first kappa shape index (κ1) is 23.5. The van der Waals surface area contributed by atoms with E-state index in [1.165, 1.54) is 18.3 Å². The molecule has 2 aromatic carbocycles. The predicted octanol–water partition coefficient (Wildman–Crippen LogP) is 4.77. The number of pyridine rings is 1. The standard InChI is InChI=1S/C22H22Cl2N2O4S/c1-22(2,3)30-21(27)19(11-14-7-5-4-6-8-14)26-31(28,29)15-9-10-16-17(12-15)20(24)25-13-18(16)23/h4-10,12-13,19,26H,11H2,1-3H3/t19-/m0/s1. The largest absolute Gasteiger partial charge is 0.459 e. The van der Waals surface area contributed by atoms with Crippen LogP contribution in [0.5, 0.6) is 0 Å². The third-order valence-corrected chi connectivity index (χ3v) is 6.42. The summed E-state index contributed by atoms with van der Waals surface area (Å²) < 4.78 is 34.2. The highest BCUT2D eigenvalue weighted by Crippen LogP contribution is 2.30. The number of hydrogen-bond acceptors (Lipinski definition) is 5. The Morgan fingerprint density at radius 1 is 1.10 bits per heavy atom. The minimum Gasteiger partial charge on any atom is -0.459 e. The molecule has 0 aliphatic carbocycles. The van der Waals surface area contributed by atoms with Crippen molar-refractivity contribution < 1.29 is 17.9 Å². The van der Waals surface area contributed by atoms with Gasteiger partial charge in [0.25, 0.3) is 0 Å². The van der Waals surface area contributed by atoms with Crippen LogP contribution in [-0.4, -0.2) is 31.0 Å². The molecule has 31 heavy (non-hydrogen) atoms. The molecule has 1 heterocycles. The van der Waals surface area contributed by atoms with Crippen molar-refractivity contribution in [3.05, 3.63) is 70.5 Å². The first-order valence-corrected chi connectivity index (χ1v) is 11.7. The van der Waals surface area contributed by atoms with Gasteiger partial charge in [-0.1, -0.05) is 59.6 Å². The number of fused-ring (bicyclic) bond motifs is 1. The summed E-state index contributed by atoms with van der Waals surface area (Å²) in [7, 11) is -4.08. The van der Waals surface area contributed by atoms with Gasteiger partial charge in [-0.3, -0.25) is 4.79 Å². The molecule has 0 aliphatic heterocycles. The SMILES string of the molecule is CC(C)(C)OC(=O)[C@H](Cc1ccccc1)NS(=O)(=O)c1ccc2c(Cl)cnc(Cl)c2c1. The van der Waals surface area contributed by atoms with Gasteiger partial charge < -0.3 is 4.74 Å². The minimum absolute atomic E-state index is 0.0624. The van der Waals surface area contributed by atoms with Crippen LogP contribution < -0.4 is 4.72 Å². The van der Waals surface area contributed by atoms with E-state index in [0.29, 0.717) is 15.8 Å². The van der Waals surface area contributed by atoms with Crippen molar-refractivity contribution >= 4 is 50.0 Å². The molecule has 0 saturated carbocycles. The molecule has 164 valence electrons. The highest BCUT2D eigenvalue weighted by atomic mass is 35.5. The number of carbonyl (C=O) groups is 1. The van der Waals surface area contributed by atoms with E-state index in [2.05, 4.69) is 9.71 Å². The van der Waals surface area contributed by atoms with Crippen molar-refractivity contribution in [3.63, 3.8) is 0 Å². The average molecular weight is 481 g/mol. The number of sulfonamides is 1. The Morgan fingerprint density at radius 2 is 1.77 bits per heavy atom. The van der Waals surface area contributed by atoms with Gasteiger partial charge in [0.05, 0.1) is 9.92 Å². The zero-order chi connectivity index (χ0) is 22.8. The number of halogens is 2. The number of rotatable bonds is 6. The molecule has 3 rings (SSSR count). The third kappa shape index (κ3) is 5.95. The van der Waals surface area contributed by atoms with E-state index in [1.807, 2.05) is 30.3 Å². The van der Waals surface area contributed by atoms with Crippen LogP contribution in [0.4, 0.5) is 0 Å². The predicted molar refractivity (Wildman–Crippen MR) is 122 cm³/mol. The molecule has 0 unspecified atom stereocenters. The summed E-state index contributed by atoms with van der Waals surface area (Å²) in [6.07, 6.45) is 1.54. The van der Waals surface area contributed by atoms with Gasteiger partial charge in [0.15, 0.2) is 0 Å². The lowest BCUT2D eigenvalue weighted by Crippen LogP contribution is -2.45. The summed E-state index contributed by atoms with van der Waals surface area (Å²) in [4.78, 5) is 16.7. The van der Waals surface area contributed by atoms with E-state index in [1.54, 1.807) is 26.8 Å². The van der Waals surface area contributed by atoms with E-state index >= 15 is 0 Å². The number of aromatic nitrogens is 1. The Morgan fingerprint density at radius 3 is 2.42 bits per heavy atom. The highest BCUT2D eigenvalue weighted by Gasteiger charge is 2.30. The minimum atomic E-state index is -4.08. The van der Waals surface area contributed by atoms with Gasteiger partial charge >= 0.3 is 5.97 Å². The monoisotopic (exact) mass is 480 g/mol. The van der Waals surface area contributed by atoms with Crippen molar-refractivity contribution in [2.24, 2.45) is 0 Å². The van der Waals surface area contributed by atoms with Crippen molar-refractivity contribution in [1.29, 1.82) is 0 Å². The smallest absolute Gasteiger partial charge is 0.325 e.